The van der Waals surface area contributed by atoms with Crippen LogP contribution in [0.2, 0.25) is 0 Å². The molecule has 6 nitrogen and oxygen atoms in total. The van der Waals surface area contributed by atoms with Crippen molar-refractivity contribution in [2.24, 2.45) is 0 Å². The number of hydrogen-bond acceptors (Lipinski definition) is 6. The Balaban J connectivity index is 1.62. The molecule has 2 aromatic carbocycles. The van der Waals surface area contributed by atoms with Crippen molar-refractivity contribution in [1.82, 2.24) is 9.71 Å². The molecule has 0 bridgehead atoms. The van der Waals surface area contributed by atoms with E-state index in [-0.39, 0.29) is 11.4 Å². The van der Waals surface area contributed by atoms with E-state index in [0.717, 1.165) is 5.56 Å². The molecule has 0 aliphatic carbocycles. The standard InChI is InChI=1S/C17H16N2O4S2/c1-22-14-6-8-16(9-7-14)25(20,21)19-12-13-2-4-15(5-3-13)23-17-18-10-11-24-17/h2-11,19H,12H2,1H3. The lowest BCUT2D eigenvalue weighted by molar-refractivity contribution is 0.414. The number of nitrogens with zero attached hydrogens (tertiary/aromatic N) is 1. The Kier molecular flexibility index (Phi) is 5.32. The van der Waals surface area contributed by atoms with Crippen LogP contribution in [0.25, 0.3) is 0 Å². The van der Waals surface area contributed by atoms with Crippen LogP contribution in [0.3, 0.4) is 0 Å². The Labute approximate surface area is 150 Å². The fourth-order valence-electron chi connectivity index (χ4n) is 2.05. The first-order chi connectivity index (χ1) is 12.1. The van der Waals surface area contributed by atoms with Crippen LogP contribution in [0.5, 0.6) is 16.7 Å². The van der Waals surface area contributed by atoms with Crippen LogP contribution in [-0.4, -0.2) is 20.5 Å². The molecule has 0 radical (unpaired) electrons. The number of aromatic nitrogens is 1. The van der Waals surface area contributed by atoms with E-state index in [9.17, 15) is 8.42 Å². The van der Waals surface area contributed by atoms with Gasteiger partial charge in [-0.25, -0.2) is 18.1 Å². The van der Waals surface area contributed by atoms with E-state index >= 15 is 0 Å². The zero-order chi connectivity index (χ0) is 17.7. The highest BCUT2D eigenvalue weighted by atomic mass is 32.2. The van der Waals surface area contributed by atoms with Gasteiger partial charge in [0.2, 0.25) is 10.0 Å². The van der Waals surface area contributed by atoms with Crippen molar-refractivity contribution in [2.75, 3.05) is 7.11 Å². The van der Waals surface area contributed by atoms with Crippen LogP contribution in [0.1, 0.15) is 5.56 Å². The lowest BCUT2D eigenvalue weighted by Crippen LogP contribution is -2.23. The number of thiazole rings is 1. The lowest BCUT2D eigenvalue weighted by Gasteiger charge is -2.08. The average Bonchev–Trinajstić information content (AvgIpc) is 3.14. The number of hydrogen-bond donors (Lipinski definition) is 1. The van der Waals surface area contributed by atoms with Gasteiger partial charge in [-0.3, -0.25) is 0 Å². The Hall–Kier alpha value is -2.42. The predicted molar refractivity (Wildman–Crippen MR) is 95.6 cm³/mol. The van der Waals surface area contributed by atoms with E-state index in [1.165, 1.54) is 30.6 Å². The number of ether oxygens (including phenoxy) is 2. The van der Waals surface area contributed by atoms with Crippen LogP contribution in [0, 0.1) is 0 Å². The third-order valence-corrected chi connectivity index (χ3v) is 5.44. The van der Waals surface area contributed by atoms with Gasteiger partial charge < -0.3 is 9.47 Å². The number of sulfonamides is 1. The van der Waals surface area contributed by atoms with Gasteiger partial charge in [0.25, 0.3) is 5.19 Å². The lowest BCUT2D eigenvalue weighted by atomic mass is 10.2. The number of nitrogens with one attached hydrogen (secondary N) is 1. The SMILES string of the molecule is COc1ccc(S(=O)(=O)NCc2ccc(Oc3nccs3)cc2)cc1. The highest BCUT2D eigenvalue weighted by molar-refractivity contribution is 7.89. The molecule has 0 aliphatic heterocycles. The normalized spacial score (nSPS) is 11.2. The van der Waals surface area contributed by atoms with Gasteiger partial charge in [-0.05, 0) is 42.0 Å². The van der Waals surface area contributed by atoms with Crippen molar-refractivity contribution in [3.05, 3.63) is 65.7 Å². The second kappa shape index (κ2) is 7.64. The summed E-state index contributed by atoms with van der Waals surface area (Å²) in [6.45, 7) is 0.186. The summed E-state index contributed by atoms with van der Waals surface area (Å²) in [7, 11) is -2.05. The zero-order valence-electron chi connectivity index (χ0n) is 13.4. The van der Waals surface area contributed by atoms with E-state index in [1.807, 2.05) is 5.38 Å². The van der Waals surface area contributed by atoms with Gasteiger partial charge in [0.05, 0.1) is 12.0 Å². The molecule has 0 unspecified atom stereocenters. The summed E-state index contributed by atoms with van der Waals surface area (Å²) in [6.07, 6.45) is 1.67. The smallest absolute Gasteiger partial charge is 0.278 e. The molecular formula is C17H16N2O4S2. The second-order valence-corrected chi connectivity index (χ2v) is 7.67. The maximum Gasteiger partial charge on any atom is 0.278 e. The molecule has 0 amide bonds. The molecule has 25 heavy (non-hydrogen) atoms. The summed E-state index contributed by atoms with van der Waals surface area (Å²) in [4.78, 5) is 4.24. The highest BCUT2D eigenvalue weighted by Crippen LogP contribution is 2.23. The second-order valence-electron chi connectivity index (χ2n) is 5.04. The molecule has 3 rings (SSSR count). The van der Waals surface area contributed by atoms with Gasteiger partial charge in [0, 0.05) is 18.1 Å². The van der Waals surface area contributed by atoms with Crippen molar-refractivity contribution in [1.29, 1.82) is 0 Å². The molecule has 0 aliphatic rings. The quantitative estimate of drug-likeness (QED) is 0.684. The molecule has 0 saturated heterocycles. The molecule has 1 N–H and O–H groups in total. The Morgan fingerprint density at radius 3 is 2.32 bits per heavy atom. The van der Waals surface area contributed by atoms with Gasteiger partial charge >= 0.3 is 0 Å². The summed E-state index contributed by atoms with van der Waals surface area (Å²) in [6, 6.07) is 13.4. The fourth-order valence-corrected chi connectivity index (χ4v) is 3.58. The van der Waals surface area contributed by atoms with Crippen LogP contribution in [0.15, 0.2) is 65.0 Å². The first kappa shape index (κ1) is 17.4. The average molecular weight is 376 g/mol. The fraction of sp³-hybridized carbons (Fsp3) is 0.118. The van der Waals surface area contributed by atoms with Crippen LogP contribution >= 0.6 is 11.3 Å². The molecule has 130 valence electrons. The maximum atomic E-state index is 12.3. The maximum absolute atomic E-state index is 12.3. The molecule has 1 heterocycles. The van der Waals surface area contributed by atoms with Crippen molar-refractivity contribution in [3.8, 4) is 16.7 Å². The van der Waals surface area contributed by atoms with Crippen LogP contribution in [0.4, 0.5) is 0 Å². The van der Waals surface area contributed by atoms with Crippen molar-refractivity contribution < 1.29 is 17.9 Å². The molecule has 0 atom stereocenters. The van der Waals surface area contributed by atoms with Crippen LogP contribution < -0.4 is 14.2 Å². The molecule has 1 aromatic heterocycles. The highest BCUT2D eigenvalue weighted by Gasteiger charge is 2.13. The number of rotatable bonds is 7. The third kappa shape index (κ3) is 4.56. The molecule has 0 saturated carbocycles. The van der Waals surface area contributed by atoms with Crippen molar-refractivity contribution in [2.45, 2.75) is 11.4 Å². The molecular weight excluding hydrogens is 360 g/mol. The Morgan fingerprint density at radius 2 is 1.72 bits per heavy atom. The van der Waals surface area contributed by atoms with Crippen molar-refractivity contribution in [3.63, 3.8) is 0 Å². The first-order valence-corrected chi connectivity index (χ1v) is 9.73. The van der Waals surface area contributed by atoms with Gasteiger partial charge in [0.1, 0.15) is 11.5 Å². The van der Waals surface area contributed by atoms with Gasteiger partial charge in [-0.1, -0.05) is 23.5 Å². The van der Waals surface area contributed by atoms with E-state index in [1.54, 1.807) is 42.6 Å². The summed E-state index contributed by atoms with van der Waals surface area (Å²) in [5.41, 5.74) is 0.823. The van der Waals surface area contributed by atoms with E-state index in [2.05, 4.69) is 9.71 Å². The minimum absolute atomic E-state index is 0.186. The minimum Gasteiger partial charge on any atom is -0.497 e. The first-order valence-electron chi connectivity index (χ1n) is 7.37. The van der Waals surface area contributed by atoms with E-state index < -0.39 is 10.0 Å². The number of benzene rings is 2. The largest absolute Gasteiger partial charge is 0.497 e. The minimum atomic E-state index is -3.58. The van der Waals surface area contributed by atoms with E-state index in [4.69, 9.17) is 9.47 Å². The predicted octanol–water partition coefficient (Wildman–Crippen LogP) is 3.42. The Morgan fingerprint density at radius 1 is 1.04 bits per heavy atom. The van der Waals surface area contributed by atoms with E-state index in [0.29, 0.717) is 16.7 Å². The monoisotopic (exact) mass is 376 g/mol. The van der Waals surface area contributed by atoms with Gasteiger partial charge in [-0.2, -0.15) is 0 Å². The molecule has 0 fully saturated rings. The van der Waals surface area contributed by atoms with Gasteiger partial charge in [-0.15, -0.1) is 0 Å². The number of methoxy groups -OCH3 is 1. The summed E-state index contributed by atoms with van der Waals surface area (Å²) < 4.78 is 37.8. The zero-order valence-corrected chi connectivity index (χ0v) is 15.0. The topological polar surface area (TPSA) is 77.5 Å². The third-order valence-electron chi connectivity index (χ3n) is 3.37. The van der Waals surface area contributed by atoms with Crippen LogP contribution in [-0.2, 0) is 16.6 Å². The van der Waals surface area contributed by atoms with Gasteiger partial charge in [0.15, 0.2) is 0 Å². The molecule has 0 spiro atoms. The Bertz CT molecular complexity index is 906. The summed E-state index contributed by atoms with van der Waals surface area (Å²) in [5, 5.41) is 2.39. The summed E-state index contributed by atoms with van der Waals surface area (Å²) in [5.74, 6) is 1.26. The summed E-state index contributed by atoms with van der Waals surface area (Å²) >= 11 is 1.40. The van der Waals surface area contributed by atoms with Crippen molar-refractivity contribution >= 4 is 21.4 Å². The molecule has 3 aromatic rings. The molecule has 8 heteroatoms.